The lowest BCUT2D eigenvalue weighted by Crippen LogP contribution is -2.12. The van der Waals surface area contributed by atoms with Crippen molar-refractivity contribution in [1.29, 1.82) is 0 Å². The van der Waals surface area contributed by atoms with E-state index in [9.17, 15) is 4.79 Å². The SMILES string of the molecule is COc1cc(CCC(=O)Nc2ccc(Br)c(C)c2)cc(OC)c1. The number of nitrogens with one attached hydrogen (secondary N) is 1. The normalized spacial score (nSPS) is 10.3. The van der Waals surface area contributed by atoms with E-state index in [0.29, 0.717) is 12.8 Å². The third-order valence-electron chi connectivity index (χ3n) is 3.49. The Morgan fingerprint density at radius 3 is 2.30 bits per heavy atom. The maximum Gasteiger partial charge on any atom is 0.224 e. The molecule has 1 amide bonds. The Morgan fingerprint density at radius 2 is 1.74 bits per heavy atom. The van der Waals surface area contributed by atoms with Crippen LogP contribution < -0.4 is 14.8 Å². The van der Waals surface area contributed by atoms with Gasteiger partial charge in [-0.05, 0) is 54.8 Å². The quantitative estimate of drug-likeness (QED) is 0.813. The van der Waals surface area contributed by atoms with Crippen molar-refractivity contribution in [3.05, 3.63) is 52.0 Å². The molecule has 0 aromatic heterocycles. The van der Waals surface area contributed by atoms with Crippen molar-refractivity contribution < 1.29 is 14.3 Å². The molecule has 2 rings (SSSR count). The molecule has 23 heavy (non-hydrogen) atoms. The number of ether oxygens (including phenoxy) is 2. The first-order chi connectivity index (χ1) is 11.0. The van der Waals surface area contributed by atoms with Gasteiger partial charge in [0.2, 0.25) is 5.91 Å². The number of benzene rings is 2. The van der Waals surface area contributed by atoms with Crippen molar-refractivity contribution in [2.75, 3.05) is 19.5 Å². The van der Waals surface area contributed by atoms with Gasteiger partial charge in [0.25, 0.3) is 0 Å². The zero-order valence-corrected chi connectivity index (χ0v) is 15.1. The molecule has 0 saturated heterocycles. The van der Waals surface area contributed by atoms with Crippen LogP contribution >= 0.6 is 15.9 Å². The molecule has 0 spiro atoms. The van der Waals surface area contributed by atoms with Crippen LogP contribution in [0.2, 0.25) is 0 Å². The maximum atomic E-state index is 12.1. The Morgan fingerprint density at radius 1 is 1.09 bits per heavy atom. The minimum absolute atomic E-state index is 0.0199. The molecule has 2 aromatic carbocycles. The lowest BCUT2D eigenvalue weighted by molar-refractivity contribution is -0.116. The van der Waals surface area contributed by atoms with Crippen molar-refractivity contribution in [2.45, 2.75) is 19.8 Å². The van der Waals surface area contributed by atoms with E-state index in [-0.39, 0.29) is 5.91 Å². The molecule has 0 fully saturated rings. The number of methoxy groups -OCH3 is 2. The van der Waals surface area contributed by atoms with Crippen molar-refractivity contribution >= 4 is 27.5 Å². The van der Waals surface area contributed by atoms with Crippen LogP contribution in [0.15, 0.2) is 40.9 Å². The lowest BCUT2D eigenvalue weighted by Gasteiger charge is -2.09. The van der Waals surface area contributed by atoms with Gasteiger partial charge in [0.1, 0.15) is 11.5 Å². The maximum absolute atomic E-state index is 12.1. The van der Waals surface area contributed by atoms with Crippen LogP contribution in [0.1, 0.15) is 17.5 Å². The van der Waals surface area contributed by atoms with Crippen LogP contribution in [-0.2, 0) is 11.2 Å². The van der Waals surface area contributed by atoms with Crippen molar-refractivity contribution in [3.8, 4) is 11.5 Å². The van der Waals surface area contributed by atoms with Gasteiger partial charge in [-0.15, -0.1) is 0 Å². The fraction of sp³-hybridized carbons (Fsp3) is 0.278. The molecule has 2 aromatic rings. The first-order valence-electron chi connectivity index (χ1n) is 7.30. The highest BCUT2D eigenvalue weighted by atomic mass is 79.9. The summed E-state index contributed by atoms with van der Waals surface area (Å²) in [5, 5.41) is 2.92. The number of rotatable bonds is 6. The van der Waals surface area contributed by atoms with Gasteiger partial charge in [0.15, 0.2) is 0 Å². The highest BCUT2D eigenvalue weighted by Gasteiger charge is 2.07. The second-order valence-electron chi connectivity index (χ2n) is 5.23. The molecule has 0 saturated carbocycles. The summed E-state index contributed by atoms with van der Waals surface area (Å²) in [4.78, 5) is 12.1. The molecule has 0 atom stereocenters. The van der Waals surface area contributed by atoms with Crippen LogP contribution in [0.3, 0.4) is 0 Å². The predicted molar refractivity (Wildman–Crippen MR) is 95.4 cm³/mol. The van der Waals surface area contributed by atoms with Crippen LogP contribution in [-0.4, -0.2) is 20.1 Å². The standard InChI is InChI=1S/C18H20BrNO3/c1-12-8-14(5-6-17(12)19)20-18(21)7-4-13-9-15(22-2)11-16(10-13)23-3/h5-6,8-11H,4,7H2,1-3H3,(H,20,21). The molecule has 5 heteroatoms. The Labute approximate surface area is 144 Å². The van der Waals surface area contributed by atoms with E-state index in [1.165, 1.54) is 0 Å². The molecule has 122 valence electrons. The number of hydrogen-bond donors (Lipinski definition) is 1. The minimum Gasteiger partial charge on any atom is -0.497 e. The molecule has 0 aliphatic rings. The first kappa shape index (κ1) is 17.3. The summed E-state index contributed by atoms with van der Waals surface area (Å²) in [5.74, 6) is 1.43. The highest BCUT2D eigenvalue weighted by molar-refractivity contribution is 9.10. The summed E-state index contributed by atoms with van der Waals surface area (Å²) in [7, 11) is 3.22. The van der Waals surface area contributed by atoms with Crippen LogP contribution in [0.5, 0.6) is 11.5 Å². The van der Waals surface area contributed by atoms with Crippen molar-refractivity contribution in [2.24, 2.45) is 0 Å². The average Bonchev–Trinajstić information content (AvgIpc) is 2.56. The van der Waals surface area contributed by atoms with Gasteiger partial charge in [-0.1, -0.05) is 15.9 Å². The second-order valence-corrected chi connectivity index (χ2v) is 6.09. The highest BCUT2D eigenvalue weighted by Crippen LogP contribution is 2.24. The van der Waals surface area contributed by atoms with E-state index in [0.717, 1.165) is 32.8 Å². The first-order valence-corrected chi connectivity index (χ1v) is 8.09. The van der Waals surface area contributed by atoms with Crippen molar-refractivity contribution in [3.63, 3.8) is 0 Å². The molecule has 0 radical (unpaired) electrons. The zero-order chi connectivity index (χ0) is 16.8. The predicted octanol–water partition coefficient (Wildman–Crippen LogP) is 4.35. The minimum atomic E-state index is -0.0199. The fourth-order valence-corrected chi connectivity index (χ4v) is 2.46. The third-order valence-corrected chi connectivity index (χ3v) is 4.38. The number of anilines is 1. The Hall–Kier alpha value is -2.01. The number of carbonyl (C=O) groups is 1. The summed E-state index contributed by atoms with van der Waals surface area (Å²) >= 11 is 3.45. The third kappa shape index (κ3) is 4.99. The van der Waals surface area contributed by atoms with Crippen LogP contribution in [0.4, 0.5) is 5.69 Å². The second kappa shape index (κ2) is 8.02. The smallest absolute Gasteiger partial charge is 0.224 e. The van der Waals surface area contributed by atoms with Crippen LogP contribution in [0, 0.1) is 6.92 Å². The Bertz CT molecular complexity index is 678. The molecular weight excluding hydrogens is 358 g/mol. The molecule has 0 heterocycles. The number of hydrogen-bond acceptors (Lipinski definition) is 3. The van der Waals surface area contributed by atoms with Crippen LogP contribution in [0.25, 0.3) is 0 Å². The van der Waals surface area contributed by atoms with E-state index in [4.69, 9.17) is 9.47 Å². The van der Waals surface area contributed by atoms with Gasteiger partial charge in [0.05, 0.1) is 14.2 Å². The summed E-state index contributed by atoms with van der Waals surface area (Å²) in [6.07, 6.45) is 1.01. The lowest BCUT2D eigenvalue weighted by atomic mass is 10.1. The number of carbonyl (C=O) groups excluding carboxylic acids is 1. The zero-order valence-electron chi connectivity index (χ0n) is 13.5. The van der Waals surface area contributed by atoms with Gasteiger partial charge in [0, 0.05) is 22.6 Å². The fourth-order valence-electron chi connectivity index (χ4n) is 2.21. The van der Waals surface area contributed by atoms with E-state index in [2.05, 4.69) is 21.2 Å². The molecule has 0 aliphatic heterocycles. The number of halogens is 1. The molecule has 0 aliphatic carbocycles. The average molecular weight is 378 g/mol. The number of aryl methyl sites for hydroxylation is 2. The van der Waals surface area contributed by atoms with E-state index in [1.54, 1.807) is 14.2 Å². The Balaban J connectivity index is 1.97. The van der Waals surface area contributed by atoms with Gasteiger partial charge in [-0.3, -0.25) is 4.79 Å². The number of amides is 1. The summed E-state index contributed by atoms with van der Waals surface area (Å²) in [6, 6.07) is 11.4. The molecular formula is C18H20BrNO3. The van der Waals surface area contributed by atoms with Gasteiger partial charge >= 0.3 is 0 Å². The van der Waals surface area contributed by atoms with E-state index >= 15 is 0 Å². The monoisotopic (exact) mass is 377 g/mol. The summed E-state index contributed by atoms with van der Waals surface area (Å²) in [6.45, 7) is 1.99. The van der Waals surface area contributed by atoms with Crippen molar-refractivity contribution in [1.82, 2.24) is 0 Å². The topological polar surface area (TPSA) is 47.6 Å². The molecule has 1 N–H and O–H groups in total. The van der Waals surface area contributed by atoms with Gasteiger partial charge < -0.3 is 14.8 Å². The van der Waals surface area contributed by atoms with E-state index < -0.39 is 0 Å². The molecule has 4 nitrogen and oxygen atoms in total. The summed E-state index contributed by atoms with van der Waals surface area (Å²) in [5.41, 5.74) is 2.89. The Kier molecular flexibility index (Phi) is 6.04. The largest absolute Gasteiger partial charge is 0.497 e. The molecule has 0 bridgehead atoms. The van der Waals surface area contributed by atoms with Gasteiger partial charge in [-0.2, -0.15) is 0 Å². The summed E-state index contributed by atoms with van der Waals surface area (Å²) < 4.78 is 11.5. The van der Waals surface area contributed by atoms with Gasteiger partial charge in [-0.25, -0.2) is 0 Å². The van der Waals surface area contributed by atoms with E-state index in [1.807, 2.05) is 43.3 Å². The molecule has 0 unspecified atom stereocenters.